The maximum Gasteiger partial charge on any atom is 0.339 e. The van der Waals surface area contributed by atoms with Gasteiger partial charge in [-0.2, -0.15) is 0 Å². The first-order chi connectivity index (χ1) is 9.90. The molecule has 5 heteroatoms. The SMILES string of the molecule is CCOC1CC(Nc2ccc(C(=O)OC)c(C)n2)C1(C)C. The van der Waals surface area contributed by atoms with Gasteiger partial charge in [-0.05, 0) is 32.4 Å². The van der Waals surface area contributed by atoms with Gasteiger partial charge in [-0.15, -0.1) is 0 Å². The van der Waals surface area contributed by atoms with E-state index >= 15 is 0 Å². The molecule has 21 heavy (non-hydrogen) atoms. The minimum absolute atomic E-state index is 0.0760. The third kappa shape index (κ3) is 3.02. The summed E-state index contributed by atoms with van der Waals surface area (Å²) in [5, 5.41) is 3.44. The van der Waals surface area contributed by atoms with E-state index in [1.54, 1.807) is 6.07 Å². The first-order valence-corrected chi connectivity index (χ1v) is 7.34. The van der Waals surface area contributed by atoms with Gasteiger partial charge in [-0.25, -0.2) is 9.78 Å². The Morgan fingerprint density at radius 2 is 2.19 bits per heavy atom. The van der Waals surface area contributed by atoms with Crippen molar-refractivity contribution in [2.45, 2.75) is 46.3 Å². The lowest BCUT2D eigenvalue weighted by molar-refractivity contribution is -0.0976. The van der Waals surface area contributed by atoms with Crippen LogP contribution in [0.5, 0.6) is 0 Å². The summed E-state index contributed by atoms with van der Waals surface area (Å²) in [6.07, 6.45) is 1.26. The summed E-state index contributed by atoms with van der Waals surface area (Å²) in [6, 6.07) is 3.90. The quantitative estimate of drug-likeness (QED) is 0.846. The number of ether oxygens (including phenoxy) is 2. The highest BCUT2D eigenvalue weighted by molar-refractivity contribution is 5.90. The standard InChI is InChI=1S/C16H24N2O3/c1-6-21-13-9-12(16(13,3)4)18-14-8-7-11(10(2)17-14)15(19)20-5/h7-8,12-13H,6,9H2,1-5H3,(H,17,18). The predicted molar refractivity (Wildman–Crippen MR) is 81.5 cm³/mol. The van der Waals surface area contributed by atoms with Crippen LogP contribution in [0.3, 0.4) is 0 Å². The summed E-state index contributed by atoms with van der Waals surface area (Å²) in [7, 11) is 1.37. The number of carbonyl (C=O) groups excluding carboxylic acids is 1. The molecule has 0 amide bonds. The first-order valence-electron chi connectivity index (χ1n) is 7.34. The zero-order chi connectivity index (χ0) is 15.6. The van der Waals surface area contributed by atoms with Crippen LogP contribution in [0.4, 0.5) is 5.82 Å². The second kappa shape index (κ2) is 6.02. The smallest absolute Gasteiger partial charge is 0.339 e. The molecule has 0 bridgehead atoms. The molecule has 1 N–H and O–H groups in total. The molecule has 2 rings (SSSR count). The summed E-state index contributed by atoms with van der Waals surface area (Å²) in [5.41, 5.74) is 1.25. The molecule has 0 aliphatic heterocycles. The van der Waals surface area contributed by atoms with Crippen molar-refractivity contribution in [2.75, 3.05) is 19.0 Å². The summed E-state index contributed by atoms with van der Waals surface area (Å²) < 4.78 is 10.5. The summed E-state index contributed by atoms with van der Waals surface area (Å²) in [5.74, 6) is 0.431. The van der Waals surface area contributed by atoms with Crippen molar-refractivity contribution in [2.24, 2.45) is 5.41 Å². The average molecular weight is 292 g/mol. The second-order valence-corrected chi connectivity index (χ2v) is 6.02. The fourth-order valence-corrected chi connectivity index (χ4v) is 2.76. The van der Waals surface area contributed by atoms with E-state index in [9.17, 15) is 4.79 Å². The maximum absolute atomic E-state index is 11.6. The molecule has 1 saturated carbocycles. The largest absolute Gasteiger partial charge is 0.465 e. The lowest BCUT2D eigenvalue weighted by atomic mass is 9.64. The van der Waals surface area contributed by atoms with Crippen LogP contribution in [-0.4, -0.2) is 36.8 Å². The van der Waals surface area contributed by atoms with Gasteiger partial charge >= 0.3 is 5.97 Å². The number of carbonyl (C=O) groups is 1. The summed E-state index contributed by atoms with van der Waals surface area (Å²) in [6.45, 7) is 8.97. The molecule has 2 atom stereocenters. The number of hydrogen-bond acceptors (Lipinski definition) is 5. The molecular weight excluding hydrogens is 268 g/mol. The molecule has 1 aliphatic rings. The van der Waals surface area contributed by atoms with Crippen molar-refractivity contribution in [1.29, 1.82) is 0 Å². The van der Waals surface area contributed by atoms with Crippen LogP contribution < -0.4 is 5.32 Å². The van der Waals surface area contributed by atoms with Crippen molar-refractivity contribution in [3.05, 3.63) is 23.4 Å². The Hall–Kier alpha value is -1.62. The van der Waals surface area contributed by atoms with E-state index in [1.807, 2.05) is 19.9 Å². The van der Waals surface area contributed by atoms with E-state index in [0.717, 1.165) is 18.8 Å². The van der Waals surface area contributed by atoms with E-state index in [1.165, 1.54) is 7.11 Å². The van der Waals surface area contributed by atoms with Crippen molar-refractivity contribution >= 4 is 11.8 Å². The molecule has 1 aromatic heterocycles. The number of rotatable bonds is 5. The average Bonchev–Trinajstić information content (AvgIpc) is 2.45. The third-order valence-electron chi connectivity index (χ3n) is 4.36. The monoisotopic (exact) mass is 292 g/mol. The van der Waals surface area contributed by atoms with Crippen molar-refractivity contribution in [1.82, 2.24) is 4.98 Å². The predicted octanol–water partition coefficient (Wildman–Crippen LogP) is 2.79. The van der Waals surface area contributed by atoms with Gasteiger partial charge in [0.25, 0.3) is 0 Å². The zero-order valence-corrected chi connectivity index (χ0v) is 13.4. The van der Waals surface area contributed by atoms with Crippen molar-refractivity contribution in [3.8, 4) is 0 Å². The lowest BCUT2D eigenvalue weighted by Crippen LogP contribution is -2.58. The fraction of sp³-hybridized carbons (Fsp3) is 0.625. The lowest BCUT2D eigenvalue weighted by Gasteiger charge is -2.51. The summed E-state index contributed by atoms with van der Waals surface area (Å²) in [4.78, 5) is 16.0. The molecule has 0 saturated heterocycles. The molecule has 0 aromatic carbocycles. The number of aromatic nitrogens is 1. The second-order valence-electron chi connectivity index (χ2n) is 6.02. The van der Waals surface area contributed by atoms with Gasteiger partial charge in [0.15, 0.2) is 0 Å². The minimum Gasteiger partial charge on any atom is -0.465 e. The molecule has 1 aliphatic carbocycles. The Morgan fingerprint density at radius 1 is 1.48 bits per heavy atom. The van der Waals surface area contributed by atoms with Gasteiger partial charge in [-0.1, -0.05) is 13.8 Å². The number of pyridine rings is 1. The van der Waals surface area contributed by atoms with E-state index < -0.39 is 0 Å². The highest BCUT2D eigenvalue weighted by atomic mass is 16.5. The Morgan fingerprint density at radius 3 is 2.71 bits per heavy atom. The summed E-state index contributed by atoms with van der Waals surface area (Å²) >= 11 is 0. The number of nitrogens with one attached hydrogen (secondary N) is 1. The van der Waals surface area contributed by atoms with Crippen LogP contribution in [0.2, 0.25) is 0 Å². The van der Waals surface area contributed by atoms with Crippen LogP contribution in [0.15, 0.2) is 12.1 Å². The molecule has 0 radical (unpaired) electrons. The van der Waals surface area contributed by atoms with Crippen LogP contribution in [0, 0.1) is 12.3 Å². The topological polar surface area (TPSA) is 60.5 Å². The molecule has 5 nitrogen and oxygen atoms in total. The zero-order valence-electron chi connectivity index (χ0n) is 13.4. The van der Waals surface area contributed by atoms with Crippen molar-refractivity contribution < 1.29 is 14.3 Å². The number of esters is 1. The van der Waals surface area contributed by atoms with Gasteiger partial charge in [0.05, 0.1) is 24.5 Å². The molecule has 1 heterocycles. The minimum atomic E-state index is -0.355. The van der Waals surface area contributed by atoms with Gasteiger partial charge in [-0.3, -0.25) is 0 Å². The molecule has 1 aromatic rings. The number of nitrogens with zero attached hydrogens (tertiary/aromatic N) is 1. The molecule has 116 valence electrons. The Balaban J connectivity index is 2.05. The van der Waals surface area contributed by atoms with Crippen molar-refractivity contribution in [3.63, 3.8) is 0 Å². The van der Waals surface area contributed by atoms with Gasteiger partial charge in [0.2, 0.25) is 0 Å². The third-order valence-corrected chi connectivity index (χ3v) is 4.36. The number of anilines is 1. The van der Waals surface area contributed by atoms with Crippen LogP contribution in [0.1, 0.15) is 43.2 Å². The van der Waals surface area contributed by atoms with E-state index in [2.05, 4.69) is 24.1 Å². The normalized spacial score (nSPS) is 23.3. The van der Waals surface area contributed by atoms with Crippen LogP contribution in [0.25, 0.3) is 0 Å². The first kappa shape index (κ1) is 15.8. The highest BCUT2D eigenvalue weighted by Gasteiger charge is 2.49. The molecule has 2 unspecified atom stereocenters. The van der Waals surface area contributed by atoms with Crippen LogP contribution in [-0.2, 0) is 9.47 Å². The highest BCUT2D eigenvalue weighted by Crippen LogP contribution is 2.44. The van der Waals surface area contributed by atoms with Gasteiger partial charge < -0.3 is 14.8 Å². The number of aryl methyl sites for hydroxylation is 1. The van der Waals surface area contributed by atoms with E-state index in [-0.39, 0.29) is 17.5 Å². The maximum atomic E-state index is 11.6. The van der Waals surface area contributed by atoms with Gasteiger partial charge in [0.1, 0.15) is 5.82 Å². The van der Waals surface area contributed by atoms with E-state index in [0.29, 0.717) is 17.3 Å². The number of hydrogen-bond donors (Lipinski definition) is 1. The Labute approximate surface area is 126 Å². The molecular formula is C16H24N2O3. The Kier molecular flexibility index (Phi) is 4.52. The molecule has 0 spiro atoms. The molecule has 1 fully saturated rings. The Bertz CT molecular complexity index is 528. The number of methoxy groups -OCH3 is 1. The van der Waals surface area contributed by atoms with Crippen LogP contribution >= 0.6 is 0 Å². The fourth-order valence-electron chi connectivity index (χ4n) is 2.76. The van der Waals surface area contributed by atoms with Gasteiger partial charge in [0, 0.05) is 18.1 Å². The van der Waals surface area contributed by atoms with E-state index in [4.69, 9.17) is 9.47 Å².